The van der Waals surface area contributed by atoms with E-state index in [-0.39, 0.29) is 5.60 Å². The Hall–Kier alpha value is -1.73. The van der Waals surface area contributed by atoms with Gasteiger partial charge in [-0.1, -0.05) is 11.3 Å². The SMILES string of the molecule is c1cnc2sc(NC3=NCC4(CN5CCC4C5)O3)nc2c1. The minimum Gasteiger partial charge on any atom is -0.455 e. The van der Waals surface area contributed by atoms with E-state index in [2.05, 4.69) is 25.2 Å². The van der Waals surface area contributed by atoms with Gasteiger partial charge in [-0.25, -0.2) is 15.0 Å². The fourth-order valence-corrected chi connectivity index (χ4v) is 4.45. The summed E-state index contributed by atoms with van der Waals surface area (Å²) >= 11 is 1.53. The highest BCUT2D eigenvalue weighted by Crippen LogP contribution is 2.41. The highest BCUT2D eigenvalue weighted by Gasteiger charge is 2.54. The number of piperidine rings is 1. The first kappa shape index (κ1) is 11.9. The van der Waals surface area contributed by atoms with Crippen LogP contribution in [0.25, 0.3) is 10.3 Å². The molecule has 7 heteroatoms. The molecule has 3 aliphatic rings. The molecule has 0 aliphatic carbocycles. The van der Waals surface area contributed by atoms with Crippen molar-refractivity contribution in [2.24, 2.45) is 10.9 Å². The Morgan fingerprint density at radius 1 is 1.48 bits per heavy atom. The van der Waals surface area contributed by atoms with E-state index in [0.29, 0.717) is 11.9 Å². The lowest BCUT2D eigenvalue weighted by Crippen LogP contribution is -2.46. The lowest BCUT2D eigenvalue weighted by molar-refractivity contribution is 0.0364. The van der Waals surface area contributed by atoms with E-state index >= 15 is 0 Å². The molecule has 5 heterocycles. The average Bonchev–Trinajstić information content (AvgIpc) is 3.23. The minimum absolute atomic E-state index is 0.0878. The molecule has 2 bridgehead atoms. The summed E-state index contributed by atoms with van der Waals surface area (Å²) in [6, 6.07) is 4.47. The van der Waals surface area contributed by atoms with Crippen LogP contribution in [-0.2, 0) is 4.74 Å². The van der Waals surface area contributed by atoms with Gasteiger partial charge in [0.15, 0.2) is 5.13 Å². The Balaban J connectivity index is 1.35. The van der Waals surface area contributed by atoms with Gasteiger partial charge in [0.05, 0.1) is 6.54 Å². The van der Waals surface area contributed by atoms with Gasteiger partial charge in [-0.2, -0.15) is 0 Å². The first-order chi connectivity index (χ1) is 10.3. The van der Waals surface area contributed by atoms with Crippen molar-refractivity contribution in [1.82, 2.24) is 14.9 Å². The van der Waals surface area contributed by atoms with Crippen LogP contribution in [0.4, 0.5) is 5.13 Å². The first-order valence-electron chi connectivity index (χ1n) is 7.25. The molecule has 1 spiro atoms. The van der Waals surface area contributed by atoms with E-state index in [1.54, 1.807) is 6.20 Å². The molecule has 6 nitrogen and oxygen atoms in total. The summed E-state index contributed by atoms with van der Waals surface area (Å²) in [6.45, 7) is 4.14. The van der Waals surface area contributed by atoms with Gasteiger partial charge < -0.3 is 4.74 Å². The lowest BCUT2D eigenvalue weighted by Gasteiger charge is -2.31. The van der Waals surface area contributed by atoms with E-state index < -0.39 is 0 Å². The Morgan fingerprint density at radius 3 is 3.29 bits per heavy atom. The van der Waals surface area contributed by atoms with Gasteiger partial charge in [0.2, 0.25) is 0 Å². The maximum atomic E-state index is 6.19. The van der Waals surface area contributed by atoms with Gasteiger partial charge in [0, 0.05) is 25.2 Å². The second-order valence-electron chi connectivity index (χ2n) is 5.98. The number of nitrogens with one attached hydrogen (secondary N) is 1. The number of aromatic nitrogens is 2. The second-order valence-corrected chi connectivity index (χ2v) is 6.96. The molecule has 5 rings (SSSR count). The number of pyridine rings is 1. The van der Waals surface area contributed by atoms with E-state index in [0.717, 1.165) is 35.1 Å². The van der Waals surface area contributed by atoms with E-state index in [4.69, 9.17) is 4.74 Å². The van der Waals surface area contributed by atoms with Crippen LogP contribution >= 0.6 is 11.3 Å². The van der Waals surface area contributed by atoms with Crippen molar-refractivity contribution in [2.75, 3.05) is 31.5 Å². The minimum atomic E-state index is -0.0878. The van der Waals surface area contributed by atoms with Crippen LogP contribution in [0.1, 0.15) is 6.42 Å². The summed E-state index contributed by atoms with van der Waals surface area (Å²) in [5, 5.41) is 4.01. The molecule has 108 valence electrons. The van der Waals surface area contributed by atoms with Crippen LogP contribution < -0.4 is 5.32 Å². The molecule has 3 aliphatic heterocycles. The Labute approximate surface area is 125 Å². The van der Waals surface area contributed by atoms with Gasteiger partial charge in [0.25, 0.3) is 6.02 Å². The van der Waals surface area contributed by atoms with Crippen LogP contribution in [0.5, 0.6) is 0 Å². The van der Waals surface area contributed by atoms with Gasteiger partial charge in [-0.05, 0) is 25.1 Å². The van der Waals surface area contributed by atoms with Crippen LogP contribution in [0, 0.1) is 5.92 Å². The highest BCUT2D eigenvalue weighted by molar-refractivity contribution is 7.21. The second kappa shape index (κ2) is 4.14. The number of amidine groups is 1. The van der Waals surface area contributed by atoms with Crippen molar-refractivity contribution in [3.8, 4) is 0 Å². The molecule has 3 atom stereocenters. The monoisotopic (exact) mass is 301 g/mol. The molecule has 2 saturated heterocycles. The van der Waals surface area contributed by atoms with Crippen molar-refractivity contribution in [1.29, 1.82) is 0 Å². The third-order valence-corrected chi connectivity index (χ3v) is 5.57. The van der Waals surface area contributed by atoms with Gasteiger partial charge in [-0.3, -0.25) is 10.2 Å². The molecular formula is C14H15N5OS. The Kier molecular flexibility index (Phi) is 2.34. The van der Waals surface area contributed by atoms with Gasteiger partial charge in [-0.15, -0.1) is 0 Å². The summed E-state index contributed by atoms with van der Waals surface area (Å²) in [5.74, 6) is 0.623. The third kappa shape index (κ3) is 1.77. The van der Waals surface area contributed by atoms with Crippen molar-refractivity contribution in [2.45, 2.75) is 12.0 Å². The predicted octanol–water partition coefficient (Wildman–Crippen LogP) is 1.56. The van der Waals surface area contributed by atoms with E-state index in [1.165, 1.54) is 24.3 Å². The summed E-state index contributed by atoms with van der Waals surface area (Å²) in [4.78, 5) is 16.8. The van der Waals surface area contributed by atoms with Gasteiger partial charge in [0.1, 0.15) is 15.9 Å². The number of hydrogen-bond acceptors (Lipinski definition) is 7. The lowest BCUT2D eigenvalue weighted by atomic mass is 9.88. The fourth-order valence-electron chi connectivity index (χ4n) is 3.65. The number of nitrogens with zero attached hydrogens (tertiary/aromatic N) is 4. The number of aliphatic imine (C=N–C) groups is 1. The van der Waals surface area contributed by atoms with Crippen molar-refractivity contribution < 1.29 is 4.74 Å². The van der Waals surface area contributed by atoms with E-state index in [9.17, 15) is 0 Å². The van der Waals surface area contributed by atoms with Crippen molar-refractivity contribution in [3.05, 3.63) is 18.3 Å². The fraction of sp³-hybridized carbons (Fsp3) is 0.500. The molecule has 0 amide bonds. The average molecular weight is 301 g/mol. The topological polar surface area (TPSA) is 62.6 Å². The largest absolute Gasteiger partial charge is 0.455 e. The zero-order valence-corrected chi connectivity index (χ0v) is 12.3. The smallest absolute Gasteiger partial charge is 0.291 e. The number of anilines is 1. The molecular weight excluding hydrogens is 286 g/mol. The molecule has 0 aromatic carbocycles. The number of rotatable bonds is 1. The maximum Gasteiger partial charge on any atom is 0.291 e. The zero-order chi connectivity index (χ0) is 13.9. The number of ether oxygens (including phenoxy) is 1. The summed E-state index contributed by atoms with van der Waals surface area (Å²) in [7, 11) is 0. The molecule has 2 aromatic heterocycles. The third-order valence-electron chi connectivity index (χ3n) is 4.68. The molecule has 0 radical (unpaired) electrons. The Bertz CT molecular complexity index is 711. The Morgan fingerprint density at radius 2 is 2.48 bits per heavy atom. The van der Waals surface area contributed by atoms with Crippen LogP contribution in [0.2, 0.25) is 0 Å². The summed E-state index contributed by atoms with van der Waals surface area (Å²) in [5.41, 5.74) is 0.819. The number of thiazole rings is 1. The van der Waals surface area contributed by atoms with Crippen LogP contribution in [0.3, 0.4) is 0 Å². The van der Waals surface area contributed by atoms with Crippen molar-refractivity contribution >= 4 is 32.8 Å². The predicted molar refractivity (Wildman–Crippen MR) is 81.7 cm³/mol. The van der Waals surface area contributed by atoms with E-state index in [1.807, 2.05) is 12.1 Å². The molecule has 2 fully saturated rings. The quantitative estimate of drug-likeness (QED) is 0.866. The normalized spacial score (nSPS) is 33.6. The molecule has 2 aromatic rings. The van der Waals surface area contributed by atoms with Crippen molar-refractivity contribution in [3.63, 3.8) is 0 Å². The van der Waals surface area contributed by atoms with Crippen LogP contribution in [-0.4, -0.2) is 52.7 Å². The van der Waals surface area contributed by atoms with Crippen LogP contribution in [0.15, 0.2) is 23.3 Å². The number of hydrogen-bond donors (Lipinski definition) is 1. The summed E-state index contributed by atoms with van der Waals surface area (Å²) < 4.78 is 6.19. The maximum absolute atomic E-state index is 6.19. The molecule has 1 N–H and O–H groups in total. The van der Waals surface area contributed by atoms with Gasteiger partial charge >= 0.3 is 0 Å². The molecule has 3 unspecified atom stereocenters. The summed E-state index contributed by atoms with van der Waals surface area (Å²) in [6.07, 6.45) is 3.01. The first-order valence-corrected chi connectivity index (χ1v) is 8.07. The number of fused-ring (bicyclic) bond motifs is 4. The highest BCUT2D eigenvalue weighted by atomic mass is 32.1. The standard InChI is InChI=1S/C14H15N5OS/c1-2-10-11(15-4-1)21-13(17-10)18-12-16-7-14(20-12)8-19-5-3-9(14)6-19/h1-2,4,9H,3,5-8H2,(H,16,17,18). The molecule has 21 heavy (non-hydrogen) atoms. The zero-order valence-electron chi connectivity index (χ0n) is 11.5. The molecule has 0 saturated carbocycles.